The molecule has 1 saturated carbocycles. The zero-order chi connectivity index (χ0) is 22.2. The molecule has 3 aromatic rings. The van der Waals surface area contributed by atoms with Crippen LogP contribution in [0.4, 0.5) is 0 Å². The summed E-state index contributed by atoms with van der Waals surface area (Å²) >= 11 is 1.64. The van der Waals surface area contributed by atoms with E-state index in [1.54, 1.807) is 36.0 Å². The van der Waals surface area contributed by atoms with Crippen LogP contribution < -0.4 is 0 Å². The fourth-order valence-corrected chi connectivity index (χ4v) is 4.69. The smallest absolute Gasteiger partial charge is 0.312 e. The predicted octanol–water partition coefficient (Wildman–Crippen LogP) is 6.81. The molecule has 1 fully saturated rings. The Kier molecular flexibility index (Phi) is 7.51. The molecule has 0 heterocycles. The van der Waals surface area contributed by atoms with E-state index in [0.29, 0.717) is 29.2 Å². The largest absolute Gasteiger partial charge is 0.365 e. The fraction of sp³-hybridized carbons (Fsp3) is 0.222. The molecule has 5 heteroatoms. The SMILES string of the molecule is O=C(ON=C(CC1CCCC1)C(=O)c1ccc(Sc2ccccc2)cc1)c1ccccc1. The van der Waals surface area contributed by atoms with E-state index in [4.69, 9.17) is 4.84 Å². The van der Waals surface area contributed by atoms with Gasteiger partial charge in [0.15, 0.2) is 0 Å². The lowest BCUT2D eigenvalue weighted by molar-refractivity contribution is 0.0514. The molecule has 0 N–H and O–H groups in total. The fourth-order valence-electron chi connectivity index (χ4n) is 3.85. The van der Waals surface area contributed by atoms with Crippen molar-refractivity contribution in [2.45, 2.75) is 41.9 Å². The van der Waals surface area contributed by atoms with Crippen molar-refractivity contribution in [3.63, 3.8) is 0 Å². The Morgan fingerprint density at radius 2 is 1.38 bits per heavy atom. The van der Waals surface area contributed by atoms with E-state index < -0.39 is 5.97 Å². The third-order valence-corrected chi connectivity index (χ3v) is 6.58. The predicted molar refractivity (Wildman–Crippen MR) is 127 cm³/mol. The number of carbonyl (C=O) groups excluding carboxylic acids is 2. The molecule has 162 valence electrons. The maximum absolute atomic E-state index is 13.2. The minimum absolute atomic E-state index is 0.186. The topological polar surface area (TPSA) is 55.7 Å². The van der Waals surface area contributed by atoms with E-state index >= 15 is 0 Å². The van der Waals surface area contributed by atoms with Crippen LogP contribution >= 0.6 is 11.8 Å². The van der Waals surface area contributed by atoms with Crippen LogP contribution in [0.5, 0.6) is 0 Å². The highest BCUT2D eigenvalue weighted by Crippen LogP contribution is 2.30. The van der Waals surface area contributed by atoms with E-state index in [-0.39, 0.29) is 5.78 Å². The summed E-state index contributed by atoms with van der Waals surface area (Å²) in [5.74, 6) is -0.341. The lowest BCUT2D eigenvalue weighted by atomic mass is 9.96. The molecular formula is C27H25NO3S. The van der Waals surface area contributed by atoms with E-state index in [9.17, 15) is 9.59 Å². The van der Waals surface area contributed by atoms with E-state index in [2.05, 4.69) is 17.3 Å². The van der Waals surface area contributed by atoms with Gasteiger partial charge in [-0.05, 0) is 60.9 Å². The average Bonchev–Trinajstić information content (AvgIpc) is 3.36. The minimum atomic E-state index is -0.558. The van der Waals surface area contributed by atoms with E-state index in [0.717, 1.165) is 22.6 Å². The Morgan fingerprint density at radius 3 is 2.03 bits per heavy atom. The number of nitrogens with zero attached hydrogens (tertiary/aromatic N) is 1. The number of rotatable bonds is 8. The maximum atomic E-state index is 13.2. The Hall–Kier alpha value is -3.18. The summed E-state index contributed by atoms with van der Waals surface area (Å²) in [7, 11) is 0. The van der Waals surface area contributed by atoms with Crippen LogP contribution in [0.2, 0.25) is 0 Å². The first-order valence-electron chi connectivity index (χ1n) is 10.9. The molecule has 32 heavy (non-hydrogen) atoms. The van der Waals surface area contributed by atoms with Gasteiger partial charge in [0.05, 0.1) is 5.56 Å². The summed E-state index contributed by atoms with van der Waals surface area (Å²) in [4.78, 5) is 32.9. The molecule has 4 nitrogen and oxygen atoms in total. The third-order valence-electron chi connectivity index (χ3n) is 5.56. The van der Waals surface area contributed by atoms with Crippen LogP contribution in [0.1, 0.15) is 52.8 Å². The van der Waals surface area contributed by atoms with Crippen LogP contribution in [-0.4, -0.2) is 17.5 Å². The zero-order valence-electron chi connectivity index (χ0n) is 17.8. The number of hydrogen-bond donors (Lipinski definition) is 0. The molecule has 0 radical (unpaired) electrons. The number of carbonyl (C=O) groups is 2. The van der Waals surface area contributed by atoms with Crippen molar-refractivity contribution in [3.8, 4) is 0 Å². The molecule has 0 atom stereocenters. The molecule has 1 aliphatic rings. The standard InChI is InChI=1S/C27H25NO3S/c29-26(21-15-17-24(18-16-21)32-23-13-5-2-6-14-23)25(19-20-9-7-8-10-20)28-31-27(30)22-11-3-1-4-12-22/h1-6,11-18,20H,7-10,19H2. The molecule has 0 amide bonds. The zero-order valence-corrected chi connectivity index (χ0v) is 18.6. The lowest BCUT2D eigenvalue weighted by Crippen LogP contribution is -2.19. The molecule has 0 saturated heterocycles. The van der Waals surface area contributed by atoms with Gasteiger partial charge in [0.25, 0.3) is 0 Å². The van der Waals surface area contributed by atoms with Crippen LogP contribution in [0.3, 0.4) is 0 Å². The second-order valence-corrected chi connectivity index (χ2v) is 9.05. The van der Waals surface area contributed by atoms with Gasteiger partial charge in [0.1, 0.15) is 5.71 Å². The average molecular weight is 444 g/mol. The van der Waals surface area contributed by atoms with E-state index in [1.165, 1.54) is 12.8 Å². The van der Waals surface area contributed by atoms with Gasteiger partial charge in [-0.15, -0.1) is 0 Å². The second kappa shape index (κ2) is 10.9. The van der Waals surface area contributed by atoms with Gasteiger partial charge in [0, 0.05) is 15.4 Å². The Labute approximate surface area is 192 Å². The summed E-state index contributed by atoms with van der Waals surface area (Å²) in [5, 5.41) is 4.04. The maximum Gasteiger partial charge on any atom is 0.365 e. The van der Waals surface area contributed by atoms with Crippen molar-refractivity contribution in [3.05, 3.63) is 96.1 Å². The van der Waals surface area contributed by atoms with Gasteiger partial charge in [-0.2, -0.15) is 0 Å². The van der Waals surface area contributed by atoms with Crippen molar-refractivity contribution in [2.24, 2.45) is 11.1 Å². The number of hydrogen-bond acceptors (Lipinski definition) is 5. The number of ketones is 1. The van der Waals surface area contributed by atoms with Gasteiger partial charge in [-0.3, -0.25) is 4.79 Å². The van der Waals surface area contributed by atoms with Gasteiger partial charge in [-0.1, -0.05) is 79.0 Å². The van der Waals surface area contributed by atoms with Crippen molar-refractivity contribution in [2.75, 3.05) is 0 Å². The summed E-state index contributed by atoms with van der Waals surface area (Å²) in [5.41, 5.74) is 1.27. The van der Waals surface area contributed by atoms with Crippen molar-refractivity contribution in [1.29, 1.82) is 0 Å². The highest BCUT2D eigenvalue weighted by molar-refractivity contribution is 7.99. The van der Waals surface area contributed by atoms with Crippen LogP contribution in [0.15, 0.2) is 99.9 Å². The molecule has 0 bridgehead atoms. The molecule has 0 unspecified atom stereocenters. The van der Waals surface area contributed by atoms with Gasteiger partial charge in [-0.25, -0.2) is 4.79 Å². The second-order valence-electron chi connectivity index (χ2n) is 7.91. The molecule has 0 aromatic heterocycles. The van der Waals surface area contributed by atoms with Crippen molar-refractivity contribution < 1.29 is 14.4 Å². The van der Waals surface area contributed by atoms with Gasteiger partial charge >= 0.3 is 5.97 Å². The summed E-state index contributed by atoms with van der Waals surface area (Å²) < 4.78 is 0. The first-order chi connectivity index (χ1) is 15.7. The van der Waals surface area contributed by atoms with Crippen LogP contribution in [0, 0.1) is 5.92 Å². The summed E-state index contributed by atoms with van der Waals surface area (Å²) in [6, 6.07) is 26.3. The Morgan fingerprint density at radius 1 is 0.781 bits per heavy atom. The molecule has 1 aliphatic carbocycles. The summed E-state index contributed by atoms with van der Waals surface area (Å²) in [6.07, 6.45) is 5.02. The number of benzene rings is 3. The quantitative estimate of drug-likeness (QED) is 0.166. The Balaban J connectivity index is 1.49. The monoisotopic (exact) mass is 443 g/mol. The normalized spacial score (nSPS) is 14.3. The van der Waals surface area contributed by atoms with E-state index in [1.807, 2.05) is 48.5 Å². The summed E-state index contributed by atoms with van der Waals surface area (Å²) in [6.45, 7) is 0. The molecule has 3 aromatic carbocycles. The number of oxime groups is 1. The third kappa shape index (κ3) is 5.95. The molecule has 4 rings (SSSR count). The first-order valence-corrected chi connectivity index (χ1v) is 11.7. The number of Topliss-reactive ketones (excluding diaryl/α,β-unsaturated/α-hetero) is 1. The Bertz CT molecular complexity index is 1070. The van der Waals surface area contributed by atoms with Crippen molar-refractivity contribution >= 4 is 29.2 Å². The van der Waals surface area contributed by atoms with Crippen LogP contribution in [0.25, 0.3) is 0 Å². The highest BCUT2D eigenvalue weighted by Gasteiger charge is 2.23. The molecule has 0 spiro atoms. The molecule has 0 aliphatic heterocycles. The lowest BCUT2D eigenvalue weighted by Gasteiger charge is -2.11. The van der Waals surface area contributed by atoms with Crippen molar-refractivity contribution in [1.82, 2.24) is 0 Å². The highest BCUT2D eigenvalue weighted by atomic mass is 32.2. The first kappa shape index (κ1) is 22.0. The van der Waals surface area contributed by atoms with Gasteiger partial charge in [0.2, 0.25) is 5.78 Å². The van der Waals surface area contributed by atoms with Crippen LogP contribution in [-0.2, 0) is 4.84 Å². The minimum Gasteiger partial charge on any atom is -0.312 e. The molecular weight excluding hydrogens is 418 g/mol. The van der Waals surface area contributed by atoms with Gasteiger partial charge < -0.3 is 4.84 Å².